The predicted molar refractivity (Wildman–Crippen MR) is 126 cm³/mol. The van der Waals surface area contributed by atoms with E-state index in [-0.39, 0.29) is 17.3 Å². The molecule has 2 aromatic rings. The van der Waals surface area contributed by atoms with E-state index in [0.29, 0.717) is 31.8 Å². The van der Waals surface area contributed by atoms with Gasteiger partial charge >= 0.3 is 0 Å². The lowest BCUT2D eigenvalue weighted by Gasteiger charge is -2.38. The van der Waals surface area contributed by atoms with Gasteiger partial charge in [-0.2, -0.15) is 4.31 Å². The van der Waals surface area contributed by atoms with Gasteiger partial charge in [0.1, 0.15) is 5.75 Å². The van der Waals surface area contributed by atoms with Crippen LogP contribution in [0.25, 0.3) is 0 Å². The molecule has 174 valence electrons. The monoisotopic (exact) mass is 458 g/mol. The fraction of sp³-hybridized carbons (Fsp3) is 0.480. The Morgan fingerprint density at radius 3 is 2.53 bits per heavy atom. The first kappa shape index (κ1) is 24.3. The highest BCUT2D eigenvalue weighted by Crippen LogP contribution is 2.33. The molecule has 7 heteroatoms. The first-order chi connectivity index (χ1) is 15.1. The van der Waals surface area contributed by atoms with Gasteiger partial charge in [-0.15, -0.1) is 0 Å². The van der Waals surface area contributed by atoms with Crippen LogP contribution in [0, 0.1) is 11.3 Å². The molecular weight excluding hydrogens is 424 g/mol. The Hall–Kier alpha value is -2.38. The Morgan fingerprint density at radius 1 is 1.16 bits per heavy atom. The van der Waals surface area contributed by atoms with E-state index in [1.54, 1.807) is 19.2 Å². The van der Waals surface area contributed by atoms with Crippen molar-refractivity contribution < 1.29 is 17.9 Å². The number of amides is 1. The molecule has 1 aliphatic rings. The molecule has 1 unspecified atom stereocenters. The Labute approximate surface area is 192 Å². The standard InChI is InChI=1S/C25H34N2O4S/c1-19(2)15-20-9-11-23(12-10-20)32(29,30)27-14-6-13-25(3,18-27)24(28)26-17-21-7-5-8-22(16-21)31-4/h5,7-12,16,19H,6,13-15,17-18H2,1-4H3,(H,26,28). The van der Waals surface area contributed by atoms with Crippen LogP contribution in [0.4, 0.5) is 0 Å². The number of hydrogen-bond donors (Lipinski definition) is 1. The maximum Gasteiger partial charge on any atom is 0.243 e. The normalized spacial score (nSPS) is 19.7. The summed E-state index contributed by atoms with van der Waals surface area (Å²) in [6, 6.07) is 14.7. The highest BCUT2D eigenvalue weighted by molar-refractivity contribution is 7.89. The fourth-order valence-corrected chi connectivity index (χ4v) is 5.78. The van der Waals surface area contributed by atoms with Crippen molar-refractivity contribution in [3.8, 4) is 5.75 Å². The number of methoxy groups -OCH3 is 1. The van der Waals surface area contributed by atoms with Crippen LogP contribution in [-0.2, 0) is 27.8 Å². The number of nitrogens with one attached hydrogen (secondary N) is 1. The molecule has 0 aromatic heterocycles. The van der Waals surface area contributed by atoms with Crippen molar-refractivity contribution >= 4 is 15.9 Å². The largest absolute Gasteiger partial charge is 0.497 e. The van der Waals surface area contributed by atoms with Gasteiger partial charge < -0.3 is 10.1 Å². The SMILES string of the molecule is COc1cccc(CNC(=O)C2(C)CCCN(S(=O)(=O)c3ccc(CC(C)C)cc3)C2)c1. The van der Waals surface area contributed by atoms with Crippen LogP contribution in [-0.4, -0.2) is 38.8 Å². The van der Waals surface area contributed by atoms with Crippen molar-refractivity contribution in [3.63, 3.8) is 0 Å². The molecule has 1 amide bonds. The van der Waals surface area contributed by atoms with Crippen molar-refractivity contribution in [2.45, 2.75) is 51.5 Å². The van der Waals surface area contributed by atoms with Crippen LogP contribution >= 0.6 is 0 Å². The molecule has 1 saturated heterocycles. The minimum Gasteiger partial charge on any atom is -0.497 e. The summed E-state index contributed by atoms with van der Waals surface area (Å²) in [7, 11) is -2.05. The number of benzene rings is 2. The minimum absolute atomic E-state index is 0.132. The summed E-state index contributed by atoms with van der Waals surface area (Å²) in [4.78, 5) is 13.3. The molecule has 2 aromatic carbocycles. The lowest BCUT2D eigenvalue weighted by Crippen LogP contribution is -2.51. The zero-order valence-electron chi connectivity index (χ0n) is 19.4. The number of carbonyl (C=O) groups is 1. The number of hydrogen-bond acceptors (Lipinski definition) is 4. The summed E-state index contributed by atoms with van der Waals surface area (Å²) >= 11 is 0. The first-order valence-corrected chi connectivity index (χ1v) is 12.6. The van der Waals surface area contributed by atoms with Crippen molar-refractivity contribution in [1.82, 2.24) is 9.62 Å². The number of sulfonamides is 1. The summed E-state index contributed by atoms with van der Waals surface area (Å²) in [6.07, 6.45) is 2.21. The summed E-state index contributed by atoms with van der Waals surface area (Å²) in [6.45, 7) is 7.09. The third-order valence-electron chi connectivity index (χ3n) is 6.00. The van der Waals surface area contributed by atoms with Gasteiger partial charge in [0.2, 0.25) is 15.9 Å². The zero-order valence-corrected chi connectivity index (χ0v) is 20.2. The van der Waals surface area contributed by atoms with E-state index in [9.17, 15) is 13.2 Å². The van der Waals surface area contributed by atoms with Gasteiger partial charge in [-0.05, 0) is 67.5 Å². The van der Waals surface area contributed by atoms with Crippen LogP contribution in [0.5, 0.6) is 5.75 Å². The molecule has 0 bridgehead atoms. The molecule has 32 heavy (non-hydrogen) atoms. The fourth-order valence-electron chi connectivity index (χ4n) is 4.18. The van der Waals surface area contributed by atoms with Crippen LogP contribution in [0.15, 0.2) is 53.4 Å². The summed E-state index contributed by atoms with van der Waals surface area (Å²) < 4.78 is 33.2. The van der Waals surface area contributed by atoms with Gasteiger partial charge in [0.15, 0.2) is 0 Å². The van der Waals surface area contributed by atoms with Gasteiger partial charge in [0.25, 0.3) is 0 Å². The van der Waals surface area contributed by atoms with Crippen molar-refractivity contribution in [2.24, 2.45) is 11.3 Å². The molecule has 1 aliphatic heterocycles. The van der Waals surface area contributed by atoms with Crippen molar-refractivity contribution in [2.75, 3.05) is 20.2 Å². The van der Waals surface area contributed by atoms with Gasteiger partial charge in [0, 0.05) is 19.6 Å². The minimum atomic E-state index is -3.65. The molecule has 1 fully saturated rings. The Bertz CT molecular complexity index is 1030. The van der Waals surface area contributed by atoms with Gasteiger partial charge in [-0.25, -0.2) is 8.42 Å². The molecule has 1 heterocycles. The van der Waals surface area contributed by atoms with E-state index < -0.39 is 15.4 Å². The highest BCUT2D eigenvalue weighted by Gasteiger charge is 2.41. The van der Waals surface area contributed by atoms with Gasteiger partial charge in [0.05, 0.1) is 17.4 Å². The number of ether oxygens (including phenoxy) is 1. The van der Waals surface area contributed by atoms with Crippen LogP contribution in [0.2, 0.25) is 0 Å². The Kier molecular flexibility index (Phi) is 7.62. The molecule has 6 nitrogen and oxygen atoms in total. The van der Waals surface area contributed by atoms with Crippen LogP contribution < -0.4 is 10.1 Å². The topological polar surface area (TPSA) is 75.7 Å². The van der Waals surface area contributed by atoms with Gasteiger partial charge in [-0.3, -0.25) is 4.79 Å². The summed E-state index contributed by atoms with van der Waals surface area (Å²) in [5.74, 6) is 1.11. The highest BCUT2D eigenvalue weighted by atomic mass is 32.2. The molecule has 0 spiro atoms. The number of piperidine rings is 1. The third-order valence-corrected chi connectivity index (χ3v) is 7.86. The molecule has 0 saturated carbocycles. The summed E-state index contributed by atoms with van der Waals surface area (Å²) in [5.41, 5.74) is 1.28. The van der Waals surface area contributed by atoms with E-state index in [1.165, 1.54) is 4.31 Å². The van der Waals surface area contributed by atoms with Crippen LogP contribution in [0.1, 0.15) is 44.7 Å². The molecular formula is C25H34N2O4S. The predicted octanol–water partition coefficient (Wildman–Crippen LogP) is 4.00. The molecule has 1 N–H and O–H groups in total. The second kappa shape index (κ2) is 10.0. The quantitative estimate of drug-likeness (QED) is 0.649. The molecule has 0 radical (unpaired) electrons. The average molecular weight is 459 g/mol. The maximum absolute atomic E-state index is 13.3. The number of rotatable bonds is 8. The Morgan fingerprint density at radius 2 is 1.88 bits per heavy atom. The van der Waals surface area contributed by atoms with E-state index in [1.807, 2.05) is 43.3 Å². The zero-order chi connectivity index (χ0) is 23.4. The van der Waals surface area contributed by atoms with E-state index >= 15 is 0 Å². The maximum atomic E-state index is 13.3. The second-order valence-corrected chi connectivity index (χ2v) is 11.2. The van der Waals surface area contributed by atoms with Crippen molar-refractivity contribution in [1.29, 1.82) is 0 Å². The average Bonchev–Trinajstić information content (AvgIpc) is 2.77. The summed E-state index contributed by atoms with van der Waals surface area (Å²) in [5, 5.41) is 2.98. The lowest BCUT2D eigenvalue weighted by molar-refractivity contribution is -0.132. The van der Waals surface area contributed by atoms with Crippen LogP contribution in [0.3, 0.4) is 0 Å². The third kappa shape index (κ3) is 5.70. The van der Waals surface area contributed by atoms with E-state index in [4.69, 9.17) is 4.74 Å². The molecule has 1 atom stereocenters. The van der Waals surface area contributed by atoms with Gasteiger partial charge in [-0.1, -0.05) is 38.1 Å². The number of nitrogens with zero attached hydrogens (tertiary/aromatic N) is 1. The Balaban J connectivity index is 1.68. The first-order valence-electron chi connectivity index (χ1n) is 11.1. The molecule has 3 rings (SSSR count). The van der Waals surface area contributed by atoms with E-state index in [0.717, 1.165) is 23.3 Å². The number of carbonyl (C=O) groups excluding carboxylic acids is 1. The molecule has 0 aliphatic carbocycles. The lowest BCUT2D eigenvalue weighted by atomic mass is 9.82. The van der Waals surface area contributed by atoms with E-state index in [2.05, 4.69) is 19.2 Å². The smallest absolute Gasteiger partial charge is 0.243 e. The van der Waals surface area contributed by atoms with Crippen molar-refractivity contribution in [3.05, 3.63) is 59.7 Å². The second-order valence-electron chi connectivity index (χ2n) is 9.28.